The third-order valence-corrected chi connectivity index (χ3v) is 3.35. The number of hydrogen-bond acceptors (Lipinski definition) is 4. The Morgan fingerprint density at radius 3 is 2.33 bits per heavy atom. The average molecular weight is 324 g/mol. The highest BCUT2D eigenvalue weighted by Gasteiger charge is 2.12. The number of methoxy groups -OCH3 is 1. The smallest absolute Gasteiger partial charge is 0.291 e. The van der Waals surface area contributed by atoms with Gasteiger partial charge in [-0.25, -0.2) is 0 Å². The summed E-state index contributed by atoms with van der Waals surface area (Å²) < 4.78 is 10.3. The Morgan fingerprint density at radius 1 is 1.00 bits per heavy atom. The highest BCUT2D eigenvalue weighted by molar-refractivity contribution is 6.04. The zero-order valence-corrected chi connectivity index (χ0v) is 13.0. The van der Waals surface area contributed by atoms with E-state index in [0.29, 0.717) is 17.0 Å². The van der Waals surface area contributed by atoms with Crippen LogP contribution in [-0.4, -0.2) is 25.5 Å². The third kappa shape index (κ3) is 3.61. The van der Waals surface area contributed by atoms with Gasteiger partial charge < -0.3 is 19.8 Å². The molecule has 3 rings (SSSR count). The maximum absolute atomic E-state index is 12.2. The second-order valence-corrected chi connectivity index (χ2v) is 5.16. The van der Waals surface area contributed by atoms with Gasteiger partial charge in [-0.2, -0.15) is 0 Å². The maximum atomic E-state index is 12.2. The first kappa shape index (κ1) is 15.8. The van der Waals surface area contributed by atoms with E-state index in [2.05, 4.69) is 10.6 Å². The van der Waals surface area contributed by atoms with Crippen LogP contribution in [0.2, 0.25) is 0 Å². The summed E-state index contributed by atoms with van der Waals surface area (Å²) in [4.78, 5) is 23.7. The standard InChI is InChI=1S/C18H16N2O4/c1-23-11-17(21)19-13-6-8-14(9-7-13)20-18(22)16-10-12-4-2-3-5-15(12)24-16/h2-10H,11H2,1H3,(H,19,21)(H,20,22). The number of amides is 2. The van der Waals surface area contributed by atoms with Gasteiger partial charge in [0, 0.05) is 23.9 Å². The summed E-state index contributed by atoms with van der Waals surface area (Å²) in [6.45, 7) is -0.00938. The summed E-state index contributed by atoms with van der Waals surface area (Å²) >= 11 is 0. The summed E-state index contributed by atoms with van der Waals surface area (Å²) in [7, 11) is 1.45. The number of carbonyl (C=O) groups is 2. The number of fused-ring (bicyclic) bond motifs is 1. The lowest BCUT2D eigenvalue weighted by molar-refractivity contribution is -0.119. The highest BCUT2D eigenvalue weighted by atomic mass is 16.5. The molecule has 0 spiro atoms. The van der Waals surface area contributed by atoms with E-state index in [4.69, 9.17) is 9.15 Å². The Balaban J connectivity index is 1.67. The second-order valence-electron chi connectivity index (χ2n) is 5.16. The minimum Gasteiger partial charge on any atom is -0.451 e. The monoisotopic (exact) mass is 324 g/mol. The molecule has 0 saturated carbocycles. The minimum absolute atomic E-state index is 0.00938. The largest absolute Gasteiger partial charge is 0.451 e. The quantitative estimate of drug-likeness (QED) is 0.755. The van der Waals surface area contributed by atoms with Crippen molar-refractivity contribution in [2.75, 3.05) is 24.4 Å². The predicted octanol–water partition coefficient (Wildman–Crippen LogP) is 3.27. The topological polar surface area (TPSA) is 80.6 Å². The number of rotatable bonds is 5. The van der Waals surface area contributed by atoms with Crippen LogP contribution < -0.4 is 10.6 Å². The van der Waals surface area contributed by atoms with Crippen LogP contribution in [0, 0.1) is 0 Å². The molecule has 2 amide bonds. The summed E-state index contributed by atoms with van der Waals surface area (Å²) in [6, 6.07) is 15.9. The van der Waals surface area contributed by atoms with Gasteiger partial charge >= 0.3 is 0 Å². The molecule has 122 valence electrons. The molecular weight excluding hydrogens is 308 g/mol. The number of nitrogens with one attached hydrogen (secondary N) is 2. The average Bonchev–Trinajstić information content (AvgIpc) is 3.01. The molecule has 2 aromatic carbocycles. The van der Waals surface area contributed by atoms with Gasteiger partial charge in [0.15, 0.2) is 5.76 Å². The molecule has 0 bridgehead atoms. The highest BCUT2D eigenvalue weighted by Crippen LogP contribution is 2.20. The number of anilines is 2. The second kappa shape index (κ2) is 6.97. The van der Waals surface area contributed by atoms with E-state index in [0.717, 1.165) is 5.39 Å². The van der Waals surface area contributed by atoms with Crippen molar-refractivity contribution >= 4 is 34.2 Å². The molecule has 0 fully saturated rings. The first-order chi connectivity index (χ1) is 11.7. The summed E-state index contributed by atoms with van der Waals surface area (Å²) in [5, 5.41) is 6.31. The minimum atomic E-state index is -0.331. The van der Waals surface area contributed by atoms with E-state index in [1.165, 1.54) is 7.11 Å². The number of hydrogen-bond donors (Lipinski definition) is 2. The van der Waals surface area contributed by atoms with E-state index in [-0.39, 0.29) is 24.2 Å². The van der Waals surface area contributed by atoms with E-state index in [9.17, 15) is 9.59 Å². The number of ether oxygens (including phenoxy) is 1. The lowest BCUT2D eigenvalue weighted by Gasteiger charge is -2.06. The van der Waals surface area contributed by atoms with E-state index >= 15 is 0 Å². The molecule has 0 aliphatic rings. The number of furan rings is 1. The molecule has 6 nitrogen and oxygen atoms in total. The molecule has 3 aromatic rings. The van der Waals surface area contributed by atoms with Crippen LogP contribution in [0.1, 0.15) is 10.6 Å². The van der Waals surface area contributed by atoms with Gasteiger partial charge in [0.05, 0.1) is 0 Å². The Kier molecular flexibility index (Phi) is 4.58. The molecule has 2 N–H and O–H groups in total. The van der Waals surface area contributed by atoms with Crippen LogP contribution in [0.15, 0.2) is 59.0 Å². The number of benzene rings is 2. The number of para-hydroxylation sites is 1. The van der Waals surface area contributed by atoms with Crippen molar-refractivity contribution in [3.8, 4) is 0 Å². The normalized spacial score (nSPS) is 10.5. The molecule has 0 aliphatic carbocycles. The molecule has 0 atom stereocenters. The van der Waals surface area contributed by atoms with Crippen LogP contribution in [0.25, 0.3) is 11.0 Å². The van der Waals surface area contributed by atoms with Crippen molar-refractivity contribution < 1.29 is 18.7 Å². The van der Waals surface area contributed by atoms with Gasteiger partial charge in [-0.15, -0.1) is 0 Å². The molecular formula is C18H16N2O4. The van der Waals surface area contributed by atoms with Crippen LogP contribution in [-0.2, 0) is 9.53 Å². The fourth-order valence-electron chi connectivity index (χ4n) is 2.25. The first-order valence-electron chi connectivity index (χ1n) is 7.34. The van der Waals surface area contributed by atoms with Crippen molar-refractivity contribution in [3.63, 3.8) is 0 Å². The van der Waals surface area contributed by atoms with Crippen molar-refractivity contribution in [1.29, 1.82) is 0 Å². The van der Waals surface area contributed by atoms with E-state index in [1.54, 1.807) is 30.3 Å². The van der Waals surface area contributed by atoms with Crippen molar-refractivity contribution in [2.45, 2.75) is 0 Å². The Morgan fingerprint density at radius 2 is 1.67 bits per heavy atom. The lowest BCUT2D eigenvalue weighted by Crippen LogP contribution is -2.17. The van der Waals surface area contributed by atoms with Crippen molar-refractivity contribution in [3.05, 3.63) is 60.4 Å². The van der Waals surface area contributed by atoms with Gasteiger partial charge in [0.1, 0.15) is 12.2 Å². The van der Waals surface area contributed by atoms with Crippen LogP contribution >= 0.6 is 0 Å². The fourth-order valence-corrected chi connectivity index (χ4v) is 2.25. The summed E-state index contributed by atoms with van der Waals surface area (Å²) in [6.07, 6.45) is 0. The lowest BCUT2D eigenvalue weighted by atomic mass is 10.2. The maximum Gasteiger partial charge on any atom is 0.291 e. The molecule has 0 radical (unpaired) electrons. The first-order valence-corrected chi connectivity index (χ1v) is 7.34. The summed E-state index contributed by atoms with van der Waals surface area (Å²) in [5.41, 5.74) is 1.89. The Hall–Kier alpha value is -3.12. The molecule has 0 saturated heterocycles. The van der Waals surface area contributed by atoms with Gasteiger partial charge in [0.25, 0.3) is 5.91 Å². The molecule has 0 aliphatic heterocycles. The molecule has 1 aromatic heterocycles. The molecule has 0 unspecified atom stereocenters. The molecule has 1 heterocycles. The van der Waals surface area contributed by atoms with Gasteiger partial charge in [-0.05, 0) is 36.4 Å². The number of carbonyl (C=O) groups excluding carboxylic acids is 2. The Labute approximate surface area is 138 Å². The summed E-state index contributed by atoms with van der Waals surface area (Å²) in [5.74, 6) is -0.326. The van der Waals surface area contributed by atoms with Crippen molar-refractivity contribution in [2.24, 2.45) is 0 Å². The van der Waals surface area contributed by atoms with Gasteiger partial charge in [-0.1, -0.05) is 18.2 Å². The van der Waals surface area contributed by atoms with Crippen LogP contribution in [0.3, 0.4) is 0 Å². The van der Waals surface area contributed by atoms with Gasteiger partial charge in [0.2, 0.25) is 5.91 Å². The van der Waals surface area contributed by atoms with Crippen LogP contribution in [0.4, 0.5) is 11.4 Å². The molecule has 6 heteroatoms. The zero-order valence-electron chi connectivity index (χ0n) is 13.0. The fraction of sp³-hybridized carbons (Fsp3) is 0.111. The zero-order chi connectivity index (χ0) is 16.9. The van der Waals surface area contributed by atoms with Gasteiger partial charge in [-0.3, -0.25) is 9.59 Å². The third-order valence-electron chi connectivity index (χ3n) is 3.35. The van der Waals surface area contributed by atoms with E-state index < -0.39 is 0 Å². The molecule has 24 heavy (non-hydrogen) atoms. The van der Waals surface area contributed by atoms with Crippen molar-refractivity contribution in [1.82, 2.24) is 0 Å². The SMILES string of the molecule is COCC(=O)Nc1ccc(NC(=O)c2cc3ccccc3o2)cc1. The Bertz CT molecular complexity index is 835. The van der Waals surface area contributed by atoms with E-state index in [1.807, 2.05) is 24.3 Å². The van der Waals surface area contributed by atoms with Crippen LogP contribution in [0.5, 0.6) is 0 Å². The predicted molar refractivity (Wildman–Crippen MR) is 91.1 cm³/mol.